The van der Waals surface area contributed by atoms with Gasteiger partial charge in [-0.15, -0.1) is 0 Å². The molecule has 0 radical (unpaired) electrons. The number of halogens is 2. The van der Waals surface area contributed by atoms with Crippen LogP contribution in [0.4, 0.5) is 8.78 Å². The Morgan fingerprint density at radius 1 is 1.19 bits per heavy atom. The SMILES string of the molecule is CCNC(=NCc1ccc(C#N)cc1F)NCC1(c2cccc(F)c2)CC1. The van der Waals surface area contributed by atoms with E-state index < -0.39 is 5.82 Å². The Morgan fingerprint density at radius 3 is 2.63 bits per heavy atom. The summed E-state index contributed by atoms with van der Waals surface area (Å²) in [5.74, 6) is -0.0772. The largest absolute Gasteiger partial charge is 0.357 e. The van der Waals surface area contributed by atoms with Gasteiger partial charge in [0.05, 0.1) is 18.2 Å². The van der Waals surface area contributed by atoms with Gasteiger partial charge < -0.3 is 10.6 Å². The zero-order chi connectivity index (χ0) is 19.3. The molecule has 1 aliphatic carbocycles. The Kier molecular flexibility index (Phi) is 5.70. The molecule has 0 unspecified atom stereocenters. The number of hydrogen-bond acceptors (Lipinski definition) is 2. The van der Waals surface area contributed by atoms with Crippen molar-refractivity contribution in [2.24, 2.45) is 4.99 Å². The van der Waals surface area contributed by atoms with Crippen molar-refractivity contribution in [2.45, 2.75) is 31.7 Å². The van der Waals surface area contributed by atoms with Gasteiger partial charge >= 0.3 is 0 Å². The summed E-state index contributed by atoms with van der Waals surface area (Å²) in [6.45, 7) is 3.44. The van der Waals surface area contributed by atoms with Crippen LogP contribution in [0.15, 0.2) is 47.5 Å². The monoisotopic (exact) mass is 368 g/mol. The Labute approximate surface area is 157 Å². The van der Waals surface area contributed by atoms with Crippen molar-refractivity contribution in [3.8, 4) is 6.07 Å². The molecule has 0 amide bonds. The molecular formula is C21H22F2N4. The second-order valence-electron chi connectivity index (χ2n) is 6.76. The predicted octanol–water partition coefficient (Wildman–Crippen LogP) is 3.62. The molecule has 0 aliphatic heterocycles. The van der Waals surface area contributed by atoms with Crippen LogP contribution in [0.3, 0.4) is 0 Å². The molecule has 0 atom stereocenters. The summed E-state index contributed by atoms with van der Waals surface area (Å²) in [7, 11) is 0. The Morgan fingerprint density at radius 2 is 2.00 bits per heavy atom. The van der Waals surface area contributed by atoms with E-state index in [1.54, 1.807) is 24.3 Å². The van der Waals surface area contributed by atoms with Crippen molar-refractivity contribution in [3.05, 3.63) is 70.8 Å². The van der Waals surface area contributed by atoms with E-state index in [9.17, 15) is 8.78 Å². The van der Waals surface area contributed by atoms with Crippen LogP contribution in [0.25, 0.3) is 0 Å². The fourth-order valence-electron chi connectivity index (χ4n) is 3.04. The fraction of sp³-hybridized carbons (Fsp3) is 0.333. The fourth-order valence-corrected chi connectivity index (χ4v) is 3.04. The van der Waals surface area contributed by atoms with Crippen LogP contribution in [0, 0.1) is 23.0 Å². The maximum atomic E-state index is 14.0. The van der Waals surface area contributed by atoms with Crippen LogP contribution in [0.2, 0.25) is 0 Å². The van der Waals surface area contributed by atoms with Gasteiger partial charge in [0, 0.05) is 24.1 Å². The summed E-state index contributed by atoms with van der Waals surface area (Å²) in [6.07, 6.45) is 1.99. The molecule has 27 heavy (non-hydrogen) atoms. The van der Waals surface area contributed by atoms with Gasteiger partial charge in [-0.1, -0.05) is 18.2 Å². The lowest BCUT2D eigenvalue weighted by Crippen LogP contribution is -2.41. The normalized spacial score (nSPS) is 15.1. The van der Waals surface area contributed by atoms with E-state index in [0.717, 1.165) is 18.4 Å². The van der Waals surface area contributed by atoms with Gasteiger partial charge in [-0.2, -0.15) is 5.26 Å². The smallest absolute Gasteiger partial charge is 0.191 e. The third-order valence-corrected chi connectivity index (χ3v) is 4.82. The lowest BCUT2D eigenvalue weighted by Gasteiger charge is -2.19. The molecule has 0 saturated heterocycles. The zero-order valence-corrected chi connectivity index (χ0v) is 15.2. The van der Waals surface area contributed by atoms with E-state index in [-0.39, 0.29) is 23.3 Å². The van der Waals surface area contributed by atoms with E-state index in [2.05, 4.69) is 15.6 Å². The molecule has 2 N–H and O–H groups in total. The van der Waals surface area contributed by atoms with E-state index in [4.69, 9.17) is 5.26 Å². The minimum atomic E-state index is -0.438. The van der Waals surface area contributed by atoms with Crippen LogP contribution in [-0.2, 0) is 12.0 Å². The molecule has 4 nitrogen and oxygen atoms in total. The van der Waals surface area contributed by atoms with Gasteiger partial charge in [-0.05, 0) is 49.6 Å². The van der Waals surface area contributed by atoms with E-state index >= 15 is 0 Å². The van der Waals surface area contributed by atoms with Gasteiger partial charge in [0.1, 0.15) is 11.6 Å². The number of nitrogens with zero attached hydrogens (tertiary/aromatic N) is 2. The summed E-state index contributed by atoms with van der Waals surface area (Å²) < 4.78 is 27.6. The number of nitrogens with one attached hydrogen (secondary N) is 2. The van der Waals surface area contributed by atoms with E-state index in [1.807, 2.05) is 19.1 Å². The standard InChI is InChI=1S/C21H22F2N4/c1-2-25-20(26-13-16-7-6-15(12-24)10-19(16)23)27-14-21(8-9-21)17-4-3-5-18(22)11-17/h3-7,10-11H,2,8-9,13-14H2,1H3,(H2,25,26,27). The number of rotatable bonds is 6. The van der Waals surface area contributed by atoms with Gasteiger partial charge in [-0.3, -0.25) is 0 Å². The number of benzene rings is 2. The van der Waals surface area contributed by atoms with Crippen molar-refractivity contribution >= 4 is 5.96 Å². The Hall–Kier alpha value is -2.94. The highest BCUT2D eigenvalue weighted by atomic mass is 19.1. The molecule has 140 valence electrons. The molecule has 2 aromatic rings. The van der Waals surface area contributed by atoms with Crippen molar-refractivity contribution < 1.29 is 8.78 Å². The molecule has 0 spiro atoms. The summed E-state index contributed by atoms with van der Waals surface area (Å²) in [4.78, 5) is 4.44. The lowest BCUT2D eigenvalue weighted by atomic mass is 9.96. The first kappa shape index (κ1) is 18.8. The number of nitriles is 1. The van der Waals surface area contributed by atoms with Crippen molar-refractivity contribution in [2.75, 3.05) is 13.1 Å². The van der Waals surface area contributed by atoms with E-state index in [0.29, 0.717) is 24.6 Å². The second kappa shape index (κ2) is 8.17. The molecule has 2 aromatic carbocycles. The summed E-state index contributed by atoms with van der Waals surface area (Å²) in [5.41, 5.74) is 1.63. The van der Waals surface area contributed by atoms with E-state index in [1.165, 1.54) is 12.1 Å². The van der Waals surface area contributed by atoms with Crippen molar-refractivity contribution in [1.82, 2.24) is 10.6 Å². The lowest BCUT2D eigenvalue weighted by molar-refractivity contribution is 0.604. The molecule has 0 heterocycles. The number of aliphatic imine (C=N–C) groups is 1. The summed E-state index contributed by atoms with van der Waals surface area (Å²) in [5, 5.41) is 15.3. The quantitative estimate of drug-likeness (QED) is 0.605. The minimum absolute atomic E-state index is 0.0714. The molecule has 0 aromatic heterocycles. The highest BCUT2D eigenvalue weighted by Crippen LogP contribution is 2.47. The van der Waals surface area contributed by atoms with Gasteiger partial charge in [-0.25, -0.2) is 13.8 Å². The maximum absolute atomic E-state index is 14.0. The molecule has 1 aliphatic rings. The van der Waals surface area contributed by atoms with Gasteiger partial charge in [0.2, 0.25) is 0 Å². The second-order valence-corrected chi connectivity index (χ2v) is 6.76. The van der Waals surface area contributed by atoms with Crippen LogP contribution in [0.5, 0.6) is 0 Å². The molecule has 6 heteroatoms. The van der Waals surface area contributed by atoms with Gasteiger partial charge in [0.15, 0.2) is 5.96 Å². The molecular weight excluding hydrogens is 346 g/mol. The van der Waals surface area contributed by atoms with Crippen LogP contribution in [-0.4, -0.2) is 19.0 Å². The van der Waals surface area contributed by atoms with Gasteiger partial charge in [0.25, 0.3) is 0 Å². The van der Waals surface area contributed by atoms with Crippen LogP contribution in [0.1, 0.15) is 36.5 Å². The highest BCUT2D eigenvalue weighted by Gasteiger charge is 2.44. The first-order chi connectivity index (χ1) is 13.1. The average Bonchev–Trinajstić information content (AvgIpc) is 3.46. The first-order valence-corrected chi connectivity index (χ1v) is 9.03. The predicted molar refractivity (Wildman–Crippen MR) is 101 cm³/mol. The third-order valence-electron chi connectivity index (χ3n) is 4.82. The minimum Gasteiger partial charge on any atom is -0.357 e. The summed E-state index contributed by atoms with van der Waals surface area (Å²) in [6, 6.07) is 13.0. The summed E-state index contributed by atoms with van der Waals surface area (Å²) >= 11 is 0. The number of guanidine groups is 1. The average molecular weight is 368 g/mol. The maximum Gasteiger partial charge on any atom is 0.191 e. The molecule has 3 rings (SSSR count). The third kappa shape index (κ3) is 4.62. The number of hydrogen-bond donors (Lipinski definition) is 2. The van der Waals surface area contributed by atoms with Crippen LogP contribution < -0.4 is 10.6 Å². The zero-order valence-electron chi connectivity index (χ0n) is 15.2. The molecule has 0 bridgehead atoms. The molecule has 1 fully saturated rings. The van der Waals surface area contributed by atoms with Crippen molar-refractivity contribution in [3.63, 3.8) is 0 Å². The topological polar surface area (TPSA) is 60.2 Å². The van der Waals surface area contributed by atoms with Crippen molar-refractivity contribution in [1.29, 1.82) is 5.26 Å². The Balaban J connectivity index is 1.67. The Bertz CT molecular complexity index is 882. The first-order valence-electron chi connectivity index (χ1n) is 9.03. The molecule has 1 saturated carbocycles. The van der Waals surface area contributed by atoms with Crippen LogP contribution >= 0.6 is 0 Å². The highest BCUT2D eigenvalue weighted by molar-refractivity contribution is 5.80.